The first-order valence-electron chi connectivity index (χ1n) is 3.84. The van der Waals surface area contributed by atoms with E-state index in [1.54, 1.807) is 0 Å². The highest BCUT2D eigenvalue weighted by molar-refractivity contribution is 7.81. The zero-order chi connectivity index (χ0) is 11.0. The van der Waals surface area contributed by atoms with Gasteiger partial charge in [-0.1, -0.05) is 0 Å². The van der Waals surface area contributed by atoms with Crippen LogP contribution in [0.1, 0.15) is 12.8 Å². The second-order valence-corrected chi connectivity index (χ2v) is 3.56. The highest BCUT2D eigenvalue weighted by Gasteiger charge is 2.12. The molecule has 0 aliphatic rings. The van der Waals surface area contributed by atoms with Gasteiger partial charge in [0, 0.05) is 6.61 Å². The normalized spacial score (nSPS) is 11.5. The quantitative estimate of drug-likeness (QED) is 0.519. The van der Waals surface area contributed by atoms with Gasteiger partial charge in [0.15, 0.2) is 0 Å². The van der Waals surface area contributed by atoms with Gasteiger partial charge in [-0.2, -0.15) is 8.42 Å². The van der Waals surface area contributed by atoms with E-state index in [2.05, 4.69) is 8.37 Å². The van der Waals surface area contributed by atoms with Gasteiger partial charge >= 0.3 is 16.4 Å². The first-order valence-corrected chi connectivity index (χ1v) is 5.17. The number of hydrogen-bond donors (Lipinski definition) is 2. The fraction of sp³-hybridized carbons (Fsp3) is 0.833. The Balaban J connectivity index is 3.67. The molecule has 0 bridgehead atoms. The van der Waals surface area contributed by atoms with Gasteiger partial charge in [-0.25, -0.2) is 8.37 Å². The van der Waals surface area contributed by atoms with E-state index in [0.717, 1.165) is 0 Å². The third-order valence-corrected chi connectivity index (χ3v) is 1.98. The van der Waals surface area contributed by atoms with E-state index in [0.29, 0.717) is 0 Å². The van der Waals surface area contributed by atoms with Crippen molar-refractivity contribution in [3.05, 3.63) is 0 Å². The SMILES string of the molecule is O=C(O)CCOS(=O)(=O)OCCCO. The summed E-state index contributed by atoms with van der Waals surface area (Å²) in [5.74, 6) is -1.16. The van der Waals surface area contributed by atoms with Crippen LogP contribution in [0.3, 0.4) is 0 Å². The van der Waals surface area contributed by atoms with Crippen molar-refractivity contribution in [2.24, 2.45) is 0 Å². The van der Waals surface area contributed by atoms with E-state index in [9.17, 15) is 13.2 Å². The Bertz CT molecular complexity index is 257. The summed E-state index contributed by atoms with van der Waals surface area (Å²) < 4.78 is 30.0. The lowest BCUT2D eigenvalue weighted by molar-refractivity contribution is -0.137. The van der Waals surface area contributed by atoms with Crippen LogP contribution in [0.4, 0.5) is 0 Å². The van der Waals surface area contributed by atoms with Crippen LogP contribution in [-0.4, -0.2) is 44.4 Å². The largest absolute Gasteiger partial charge is 0.481 e. The summed E-state index contributed by atoms with van der Waals surface area (Å²) in [6, 6.07) is 0. The maximum atomic E-state index is 10.8. The lowest BCUT2D eigenvalue weighted by Gasteiger charge is -2.03. The fourth-order valence-electron chi connectivity index (χ4n) is 0.491. The van der Waals surface area contributed by atoms with Gasteiger partial charge in [-0.3, -0.25) is 4.79 Å². The average molecular weight is 228 g/mol. The van der Waals surface area contributed by atoms with Crippen molar-refractivity contribution in [1.82, 2.24) is 0 Å². The van der Waals surface area contributed by atoms with E-state index in [-0.39, 0.29) is 19.6 Å². The molecule has 0 aromatic carbocycles. The number of rotatable bonds is 8. The molecule has 8 heteroatoms. The van der Waals surface area contributed by atoms with Crippen LogP contribution >= 0.6 is 0 Å². The summed E-state index contributed by atoms with van der Waals surface area (Å²) in [6.45, 7) is -0.840. The molecule has 0 aliphatic heterocycles. The minimum atomic E-state index is -4.12. The maximum Gasteiger partial charge on any atom is 0.399 e. The van der Waals surface area contributed by atoms with Crippen molar-refractivity contribution in [3.8, 4) is 0 Å². The first-order chi connectivity index (χ1) is 6.48. The van der Waals surface area contributed by atoms with Gasteiger partial charge in [-0.05, 0) is 6.42 Å². The Morgan fingerprint density at radius 1 is 1.21 bits per heavy atom. The maximum absolute atomic E-state index is 10.8. The van der Waals surface area contributed by atoms with Gasteiger partial charge in [0.05, 0.1) is 19.6 Å². The molecule has 7 nitrogen and oxygen atoms in total. The fourth-order valence-corrected chi connectivity index (χ4v) is 1.17. The van der Waals surface area contributed by atoms with E-state index in [4.69, 9.17) is 10.2 Å². The number of carbonyl (C=O) groups is 1. The van der Waals surface area contributed by atoms with Crippen LogP contribution in [0.25, 0.3) is 0 Å². The Kier molecular flexibility index (Phi) is 6.37. The lowest BCUT2D eigenvalue weighted by Crippen LogP contribution is -2.14. The van der Waals surface area contributed by atoms with Crippen LogP contribution in [0.2, 0.25) is 0 Å². The van der Waals surface area contributed by atoms with Crippen molar-refractivity contribution in [3.63, 3.8) is 0 Å². The highest BCUT2D eigenvalue weighted by atomic mass is 32.3. The zero-order valence-electron chi connectivity index (χ0n) is 7.38. The molecule has 0 atom stereocenters. The van der Waals surface area contributed by atoms with Crippen LogP contribution in [0.15, 0.2) is 0 Å². The third-order valence-electron chi connectivity index (χ3n) is 1.07. The Hall–Kier alpha value is -0.700. The second-order valence-electron chi connectivity index (χ2n) is 2.27. The van der Waals surface area contributed by atoms with Crippen LogP contribution in [-0.2, 0) is 23.6 Å². The third kappa shape index (κ3) is 7.92. The molecule has 0 rings (SSSR count). The van der Waals surface area contributed by atoms with Gasteiger partial charge in [0.2, 0.25) is 0 Å². The Morgan fingerprint density at radius 2 is 1.79 bits per heavy atom. The minimum Gasteiger partial charge on any atom is -0.481 e. The lowest BCUT2D eigenvalue weighted by atomic mass is 10.5. The molecule has 0 saturated heterocycles. The summed E-state index contributed by atoms with van der Waals surface area (Å²) in [4.78, 5) is 10.00. The molecular weight excluding hydrogens is 216 g/mol. The molecule has 0 spiro atoms. The first kappa shape index (κ1) is 13.3. The van der Waals surface area contributed by atoms with Gasteiger partial charge < -0.3 is 10.2 Å². The molecule has 84 valence electrons. The minimum absolute atomic E-state index is 0.168. The van der Waals surface area contributed by atoms with Crippen LogP contribution in [0, 0.1) is 0 Å². The second kappa shape index (κ2) is 6.71. The van der Waals surface area contributed by atoms with Crippen LogP contribution in [0.5, 0.6) is 0 Å². The Morgan fingerprint density at radius 3 is 2.29 bits per heavy atom. The molecule has 0 amide bonds. The molecule has 0 radical (unpaired) electrons. The molecule has 0 aromatic heterocycles. The monoisotopic (exact) mass is 228 g/mol. The molecule has 0 aromatic rings. The number of aliphatic hydroxyl groups excluding tert-OH is 1. The van der Waals surface area contributed by atoms with Gasteiger partial charge in [0.25, 0.3) is 0 Å². The number of hydrogen-bond acceptors (Lipinski definition) is 6. The van der Waals surface area contributed by atoms with Crippen molar-refractivity contribution < 1.29 is 31.8 Å². The summed E-state index contributed by atoms with van der Waals surface area (Å²) in [5, 5.41) is 16.5. The van der Waals surface area contributed by atoms with Crippen molar-refractivity contribution in [1.29, 1.82) is 0 Å². The summed E-state index contributed by atoms with van der Waals surface area (Å²) in [6.07, 6.45) is -0.246. The predicted octanol–water partition coefficient (Wildman–Crippen LogP) is -0.878. The van der Waals surface area contributed by atoms with Crippen molar-refractivity contribution in [2.75, 3.05) is 19.8 Å². The predicted molar refractivity (Wildman–Crippen MR) is 44.8 cm³/mol. The Labute approximate surface area is 81.6 Å². The van der Waals surface area contributed by atoms with E-state index in [1.165, 1.54) is 0 Å². The number of carboxylic acid groups (broad SMARTS) is 1. The van der Waals surface area contributed by atoms with E-state index >= 15 is 0 Å². The summed E-state index contributed by atoms with van der Waals surface area (Å²) in [5.41, 5.74) is 0. The average Bonchev–Trinajstić information content (AvgIpc) is 2.03. The molecule has 2 N–H and O–H groups in total. The van der Waals surface area contributed by atoms with E-state index < -0.39 is 29.4 Å². The molecule has 0 saturated carbocycles. The number of aliphatic hydroxyl groups is 1. The zero-order valence-corrected chi connectivity index (χ0v) is 8.20. The molecule has 0 fully saturated rings. The van der Waals surface area contributed by atoms with Crippen LogP contribution < -0.4 is 0 Å². The number of aliphatic carboxylic acids is 1. The number of carboxylic acids is 1. The highest BCUT2D eigenvalue weighted by Crippen LogP contribution is 1.98. The van der Waals surface area contributed by atoms with Gasteiger partial charge in [0.1, 0.15) is 0 Å². The van der Waals surface area contributed by atoms with E-state index in [1.807, 2.05) is 0 Å². The summed E-state index contributed by atoms with van der Waals surface area (Å²) in [7, 11) is -4.12. The van der Waals surface area contributed by atoms with Crippen molar-refractivity contribution >= 4 is 16.4 Å². The summed E-state index contributed by atoms with van der Waals surface area (Å²) >= 11 is 0. The molecule has 14 heavy (non-hydrogen) atoms. The smallest absolute Gasteiger partial charge is 0.399 e. The van der Waals surface area contributed by atoms with Gasteiger partial charge in [-0.15, -0.1) is 0 Å². The molecule has 0 heterocycles. The standard InChI is InChI=1S/C6H12O7S/c7-3-1-4-12-14(10,11)13-5-2-6(8)9/h7H,1-5H2,(H,8,9). The molecular formula is C6H12O7S. The topological polar surface area (TPSA) is 110 Å². The van der Waals surface area contributed by atoms with Crippen molar-refractivity contribution in [2.45, 2.75) is 12.8 Å². The molecule has 0 unspecified atom stereocenters. The molecule has 0 aliphatic carbocycles.